The molecule has 0 unspecified atom stereocenters. The fourth-order valence-electron chi connectivity index (χ4n) is 3.42. The van der Waals surface area contributed by atoms with Crippen molar-refractivity contribution in [1.29, 1.82) is 0 Å². The van der Waals surface area contributed by atoms with E-state index in [2.05, 4.69) is 5.10 Å². The van der Waals surface area contributed by atoms with E-state index in [0.29, 0.717) is 24.5 Å². The van der Waals surface area contributed by atoms with Crippen molar-refractivity contribution in [2.75, 3.05) is 25.5 Å². The van der Waals surface area contributed by atoms with Crippen molar-refractivity contribution >= 4 is 11.6 Å². The molecule has 4 rings (SSSR count). The van der Waals surface area contributed by atoms with E-state index < -0.39 is 0 Å². The molecule has 3 aromatic rings. The summed E-state index contributed by atoms with van der Waals surface area (Å²) in [5, 5.41) is 4.63. The minimum absolute atomic E-state index is 0.0308. The van der Waals surface area contributed by atoms with E-state index >= 15 is 0 Å². The van der Waals surface area contributed by atoms with Crippen molar-refractivity contribution in [3.05, 3.63) is 66.0 Å². The Bertz CT molecular complexity index is 946. The van der Waals surface area contributed by atoms with Gasteiger partial charge < -0.3 is 9.80 Å². The minimum atomic E-state index is -0.121. The van der Waals surface area contributed by atoms with Crippen molar-refractivity contribution in [3.8, 4) is 11.4 Å². The maximum atomic E-state index is 13.0. The molecule has 2 heterocycles. The Morgan fingerprint density at radius 3 is 2.41 bits per heavy atom. The quantitative estimate of drug-likeness (QED) is 0.719. The van der Waals surface area contributed by atoms with Crippen LogP contribution in [0.25, 0.3) is 11.4 Å². The number of hydrogen-bond acceptors (Lipinski definition) is 4. The highest BCUT2D eigenvalue weighted by Crippen LogP contribution is 2.27. The predicted octanol–water partition coefficient (Wildman–Crippen LogP) is 3.23. The summed E-state index contributed by atoms with van der Waals surface area (Å²) in [4.78, 5) is 21.6. The Morgan fingerprint density at radius 1 is 1.04 bits per heavy atom. The van der Waals surface area contributed by atoms with Gasteiger partial charge in [-0.15, -0.1) is 0 Å². The molecule has 0 saturated heterocycles. The molecule has 1 atom stereocenters. The second-order valence-corrected chi connectivity index (χ2v) is 7.00. The summed E-state index contributed by atoms with van der Waals surface area (Å²) in [6, 6.07) is 17.5. The fraction of sp³-hybridized carbons (Fsp3) is 0.286. The van der Waals surface area contributed by atoms with E-state index in [-0.39, 0.29) is 11.9 Å². The highest BCUT2D eigenvalue weighted by molar-refractivity contribution is 5.94. The second kappa shape index (κ2) is 6.87. The van der Waals surface area contributed by atoms with Gasteiger partial charge in [0.05, 0.1) is 12.6 Å². The molecule has 0 bridgehead atoms. The first-order chi connectivity index (χ1) is 13.0. The van der Waals surface area contributed by atoms with E-state index in [4.69, 9.17) is 4.98 Å². The monoisotopic (exact) mass is 361 g/mol. The van der Waals surface area contributed by atoms with Crippen LogP contribution in [0.4, 0.5) is 5.69 Å². The van der Waals surface area contributed by atoms with Crippen LogP contribution in [0.3, 0.4) is 0 Å². The Hall–Kier alpha value is -3.15. The Labute approximate surface area is 159 Å². The van der Waals surface area contributed by atoms with Crippen LogP contribution in [0, 0.1) is 0 Å². The van der Waals surface area contributed by atoms with Crippen LogP contribution in [0.5, 0.6) is 0 Å². The van der Waals surface area contributed by atoms with Crippen LogP contribution in [0.1, 0.15) is 29.1 Å². The van der Waals surface area contributed by atoms with Gasteiger partial charge >= 0.3 is 0 Å². The maximum Gasteiger partial charge on any atom is 0.254 e. The van der Waals surface area contributed by atoms with Crippen molar-refractivity contribution < 1.29 is 4.79 Å². The van der Waals surface area contributed by atoms with Crippen LogP contribution >= 0.6 is 0 Å². The largest absolute Gasteiger partial charge is 0.378 e. The summed E-state index contributed by atoms with van der Waals surface area (Å²) in [7, 11) is 3.97. The molecular weight excluding hydrogens is 338 g/mol. The third kappa shape index (κ3) is 3.18. The zero-order valence-electron chi connectivity index (χ0n) is 15.8. The second-order valence-electron chi connectivity index (χ2n) is 7.00. The molecule has 1 aliphatic rings. The number of nitrogens with zero attached hydrogens (tertiary/aromatic N) is 5. The van der Waals surface area contributed by atoms with Gasteiger partial charge in [-0.05, 0) is 31.2 Å². The van der Waals surface area contributed by atoms with Gasteiger partial charge in [0.15, 0.2) is 5.82 Å². The molecule has 138 valence electrons. The summed E-state index contributed by atoms with van der Waals surface area (Å²) in [5.41, 5.74) is 2.76. The summed E-state index contributed by atoms with van der Waals surface area (Å²) in [6.07, 6.45) is 0. The van der Waals surface area contributed by atoms with Crippen molar-refractivity contribution in [1.82, 2.24) is 19.7 Å². The summed E-state index contributed by atoms with van der Waals surface area (Å²) >= 11 is 0. The van der Waals surface area contributed by atoms with Gasteiger partial charge in [-0.3, -0.25) is 4.79 Å². The van der Waals surface area contributed by atoms with Crippen LogP contribution in [0.2, 0.25) is 0 Å². The zero-order valence-corrected chi connectivity index (χ0v) is 15.8. The van der Waals surface area contributed by atoms with Gasteiger partial charge in [-0.2, -0.15) is 5.10 Å². The van der Waals surface area contributed by atoms with E-state index in [9.17, 15) is 4.79 Å². The molecule has 0 N–H and O–H groups in total. The lowest BCUT2D eigenvalue weighted by atomic mass is 10.1. The Morgan fingerprint density at radius 2 is 1.74 bits per heavy atom. The molecule has 6 heteroatoms. The van der Waals surface area contributed by atoms with Gasteiger partial charge in [0.1, 0.15) is 5.82 Å². The number of carbonyl (C=O) groups is 1. The number of benzene rings is 2. The van der Waals surface area contributed by atoms with Gasteiger partial charge in [-0.1, -0.05) is 30.3 Å². The first-order valence-corrected chi connectivity index (χ1v) is 9.13. The smallest absolute Gasteiger partial charge is 0.254 e. The number of fused-ring (bicyclic) bond motifs is 1. The zero-order chi connectivity index (χ0) is 19.0. The first-order valence-electron chi connectivity index (χ1n) is 9.13. The average Bonchev–Trinajstić information content (AvgIpc) is 3.14. The molecule has 0 saturated carbocycles. The molecule has 27 heavy (non-hydrogen) atoms. The summed E-state index contributed by atoms with van der Waals surface area (Å²) < 4.78 is 1.92. The average molecular weight is 361 g/mol. The Kier molecular flexibility index (Phi) is 4.39. The third-order valence-corrected chi connectivity index (χ3v) is 5.02. The highest BCUT2D eigenvalue weighted by atomic mass is 16.2. The van der Waals surface area contributed by atoms with E-state index in [0.717, 1.165) is 17.1 Å². The van der Waals surface area contributed by atoms with Gasteiger partial charge in [0.2, 0.25) is 0 Å². The lowest BCUT2D eigenvalue weighted by molar-refractivity contribution is 0.0631. The molecule has 0 fully saturated rings. The van der Waals surface area contributed by atoms with Gasteiger partial charge in [0, 0.05) is 37.5 Å². The summed E-state index contributed by atoms with van der Waals surface area (Å²) in [5.74, 6) is 1.57. The molecule has 1 amide bonds. The Balaban J connectivity index is 1.58. The number of rotatable bonds is 3. The number of aromatic nitrogens is 3. The van der Waals surface area contributed by atoms with E-state index in [1.165, 1.54) is 0 Å². The van der Waals surface area contributed by atoms with Crippen molar-refractivity contribution in [2.45, 2.75) is 19.5 Å². The van der Waals surface area contributed by atoms with Crippen molar-refractivity contribution in [3.63, 3.8) is 0 Å². The molecule has 0 radical (unpaired) electrons. The van der Waals surface area contributed by atoms with Gasteiger partial charge in [-0.25, -0.2) is 9.67 Å². The first kappa shape index (κ1) is 17.3. The molecule has 0 spiro atoms. The molecular formula is C21H23N5O. The van der Waals surface area contributed by atoms with Gasteiger partial charge in [0.25, 0.3) is 5.91 Å². The SMILES string of the molecule is C[C@H]1c2nc(-c3ccccc3)nn2CCN1C(=O)c1ccc(N(C)C)cc1. The standard InChI is InChI=1S/C21H23N5O/c1-15-20-22-19(16-7-5-4-6-8-16)23-26(20)14-13-25(15)21(27)17-9-11-18(12-10-17)24(2)3/h4-12,15H,13-14H2,1-3H3/t15-/m0/s1. The number of carbonyl (C=O) groups excluding carboxylic acids is 1. The molecule has 2 aromatic carbocycles. The van der Waals surface area contributed by atoms with Crippen LogP contribution in [-0.4, -0.2) is 46.2 Å². The topological polar surface area (TPSA) is 54.3 Å². The van der Waals surface area contributed by atoms with E-state index in [1.807, 2.05) is 90.1 Å². The predicted molar refractivity (Wildman–Crippen MR) is 106 cm³/mol. The summed E-state index contributed by atoms with van der Waals surface area (Å²) in [6.45, 7) is 3.29. The molecule has 0 aliphatic carbocycles. The third-order valence-electron chi connectivity index (χ3n) is 5.02. The molecule has 1 aliphatic heterocycles. The fourth-order valence-corrected chi connectivity index (χ4v) is 3.42. The lowest BCUT2D eigenvalue weighted by Gasteiger charge is -2.33. The molecule has 6 nitrogen and oxygen atoms in total. The number of anilines is 1. The normalized spacial score (nSPS) is 16.1. The van der Waals surface area contributed by atoms with Crippen LogP contribution in [-0.2, 0) is 6.54 Å². The lowest BCUT2D eigenvalue weighted by Crippen LogP contribution is -2.41. The van der Waals surface area contributed by atoms with E-state index in [1.54, 1.807) is 0 Å². The number of hydrogen-bond donors (Lipinski definition) is 0. The highest BCUT2D eigenvalue weighted by Gasteiger charge is 2.31. The van der Waals surface area contributed by atoms with Crippen molar-refractivity contribution in [2.24, 2.45) is 0 Å². The van der Waals surface area contributed by atoms with Crippen LogP contribution < -0.4 is 4.90 Å². The maximum absolute atomic E-state index is 13.0. The minimum Gasteiger partial charge on any atom is -0.378 e. The molecule has 1 aromatic heterocycles. The number of amides is 1. The van der Waals surface area contributed by atoms with Crippen LogP contribution in [0.15, 0.2) is 54.6 Å².